The molecule has 0 aliphatic rings. The van der Waals surface area contributed by atoms with Gasteiger partial charge in [0.25, 0.3) is 0 Å². The summed E-state index contributed by atoms with van der Waals surface area (Å²) in [6.45, 7) is 17.6. The number of rotatable bonds is 6. The van der Waals surface area contributed by atoms with Crippen molar-refractivity contribution < 1.29 is 0 Å². The number of hydrogen-bond acceptors (Lipinski definition) is 1. The van der Waals surface area contributed by atoms with Crippen molar-refractivity contribution in [3.8, 4) is 0 Å². The van der Waals surface area contributed by atoms with Crippen molar-refractivity contribution in [3.63, 3.8) is 0 Å². The standard InChI is InChI=1S/C18H33NSi/c1-15-10-8-9-11-17(15)12-16(14-20(5,6)7)13-19-18(2,3)4/h8-11,16,19H,12-14H2,1-7H3. The van der Waals surface area contributed by atoms with Crippen LogP contribution in [0.2, 0.25) is 25.7 Å². The molecule has 0 saturated heterocycles. The lowest BCUT2D eigenvalue weighted by Crippen LogP contribution is -2.41. The molecule has 1 N–H and O–H groups in total. The number of benzene rings is 1. The average Bonchev–Trinajstić information content (AvgIpc) is 2.26. The Kier molecular flexibility index (Phi) is 6.02. The van der Waals surface area contributed by atoms with Crippen molar-refractivity contribution in [2.75, 3.05) is 6.54 Å². The first-order valence-corrected chi connectivity index (χ1v) is 11.6. The molecule has 0 fully saturated rings. The minimum atomic E-state index is -1.03. The van der Waals surface area contributed by atoms with Crippen LogP contribution < -0.4 is 5.32 Å². The molecule has 0 aromatic heterocycles. The molecule has 1 aromatic rings. The van der Waals surface area contributed by atoms with E-state index >= 15 is 0 Å². The van der Waals surface area contributed by atoms with E-state index in [1.807, 2.05) is 0 Å². The predicted octanol–water partition coefficient (Wildman–Crippen LogP) is 4.88. The molecular weight excluding hydrogens is 258 g/mol. The van der Waals surface area contributed by atoms with E-state index in [9.17, 15) is 0 Å². The van der Waals surface area contributed by atoms with Crippen LogP contribution in [0, 0.1) is 12.8 Å². The molecule has 0 heterocycles. The molecule has 0 aliphatic heterocycles. The van der Waals surface area contributed by atoms with Crippen LogP contribution in [-0.2, 0) is 6.42 Å². The Morgan fingerprint density at radius 2 is 1.70 bits per heavy atom. The first-order valence-electron chi connectivity index (χ1n) is 7.86. The fourth-order valence-electron chi connectivity index (χ4n) is 2.68. The highest BCUT2D eigenvalue weighted by molar-refractivity contribution is 6.76. The van der Waals surface area contributed by atoms with Gasteiger partial charge in [0.1, 0.15) is 0 Å². The minimum Gasteiger partial charge on any atom is -0.312 e. The number of aryl methyl sites for hydroxylation is 1. The van der Waals surface area contributed by atoms with Gasteiger partial charge in [-0.25, -0.2) is 0 Å². The van der Waals surface area contributed by atoms with Gasteiger partial charge in [-0.1, -0.05) is 50.0 Å². The Labute approximate surface area is 127 Å². The maximum Gasteiger partial charge on any atom is 0.0446 e. The topological polar surface area (TPSA) is 12.0 Å². The van der Waals surface area contributed by atoms with E-state index in [1.165, 1.54) is 23.6 Å². The summed E-state index contributed by atoms with van der Waals surface area (Å²) in [5.41, 5.74) is 3.17. The third-order valence-electron chi connectivity index (χ3n) is 3.59. The molecule has 1 atom stereocenters. The Balaban J connectivity index is 2.75. The summed E-state index contributed by atoms with van der Waals surface area (Å²) in [5, 5.41) is 3.71. The molecule has 0 bridgehead atoms. The Hall–Kier alpha value is -0.603. The van der Waals surface area contributed by atoms with E-state index in [0.717, 1.165) is 12.5 Å². The summed E-state index contributed by atoms with van der Waals surface area (Å²) in [4.78, 5) is 0. The molecule has 1 nitrogen and oxygen atoms in total. The zero-order chi connectivity index (χ0) is 15.4. The van der Waals surface area contributed by atoms with Crippen LogP contribution in [0.1, 0.15) is 31.9 Å². The molecule has 0 radical (unpaired) electrons. The van der Waals surface area contributed by atoms with Gasteiger partial charge in [0.2, 0.25) is 0 Å². The van der Waals surface area contributed by atoms with Gasteiger partial charge in [0.15, 0.2) is 0 Å². The first-order chi connectivity index (χ1) is 9.07. The number of hydrogen-bond donors (Lipinski definition) is 1. The van der Waals surface area contributed by atoms with Gasteiger partial charge in [-0.15, -0.1) is 0 Å². The second-order valence-corrected chi connectivity index (χ2v) is 13.9. The second-order valence-electron chi connectivity index (χ2n) is 8.39. The van der Waals surface area contributed by atoms with Crippen LogP contribution in [0.3, 0.4) is 0 Å². The summed E-state index contributed by atoms with van der Waals surface area (Å²) in [6.07, 6.45) is 1.21. The summed E-state index contributed by atoms with van der Waals surface area (Å²) in [7, 11) is -1.03. The fraction of sp³-hybridized carbons (Fsp3) is 0.667. The van der Waals surface area contributed by atoms with Crippen LogP contribution in [0.4, 0.5) is 0 Å². The van der Waals surface area contributed by atoms with Crippen LogP contribution >= 0.6 is 0 Å². The second kappa shape index (κ2) is 6.90. The molecule has 1 unspecified atom stereocenters. The van der Waals surface area contributed by atoms with Crippen molar-refractivity contribution >= 4 is 8.07 Å². The maximum atomic E-state index is 3.71. The highest BCUT2D eigenvalue weighted by Crippen LogP contribution is 2.22. The lowest BCUT2D eigenvalue weighted by molar-refractivity contribution is 0.380. The van der Waals surface area contributed by atoms with Crippen molar-refractivity contribution in [1.82, 2.24) is 5.32 Å². The smallest absolute Gasteiger partial charge is 0.0446 e. The summed E-state index contributed by atoms with van der Waals surface area (Å²) < 4.78 is 0. The van der Waals surface area contributed by atoms with Crippen molar-refractivity contribution in [1.29, 1.82) is 0 Å². The molecule has 1 aromatic carbocycles. The van der Waals surface area contributed by atoms with Crippen LogP contribution in [0.25, 0.3) is 0 Å². The minimum absolute atomic E-state index is 0.212. The third kappa shape index (κ3) is 7.25. The quantitative estimate of drug-likeness (QED) is 0.737. The predicted molar refractivity (Wildman–Crippen MR) is 94.3 cm³/mol. The van der Waals surface area contributed by atoms with Crippen LogP contribution in [0.15, 0.2) is 24.3 Å². The molecule has 2 heteroatoms. The summed E-state index contributed by atoms with van der Waals surface area (Å²) >= 11 is 0. The lowest BCUT2D eigenvalue weighted by Gasteiger charge is -2.29. The van der Waals surface area contributed by atoms with E-state index < -0.39 is 8.07 Å². The summed E-state index contributed by atoms with van der Waals surface area (Å²) in [6, 6.07) is 10.2. The van der Waals surface area contributed by atoms with Crippen LogP contribution in [-0.4, -0.2) is 20.2 Å². The largest absolute Gasteiger partial charge is 0.312 e. The third-order valence-corrected chi connectivity index (χ3v) is 5.39. The zero-order valence-corrected chi connectivity index (χ0v) is 15.5. The van der Waals surface area contributed by atoms with E-state index in [2.05, 4.69) is 76.9 Å². The first kappa shape index (κ1) is 17.4. The van der Waals surface area contributed by atoms with Gasteiger partial charge in [-0.2, -0.15) is 0 Å². The lowest BCUT2D eigenvalue weighted by atomic mass is 9.96. The molecule has 0 spiro atoms. The Morgan fingerprint density at radius 1 is 1.10 bits per heavy atom. The average molecular weight is 292 g/mol. The Bertz CT molecular complexity index is 412. The van der Waals surface area contributed by atoms with Gasteiger partial charge in [-0.3, -0.25) is 0 Å². The van der Waals surface area contributed by atoms with Crippen molar-refractivity contribution in [2.45, 2.75) is 65.3 Å². The van der Waals surface area contributed by atoms with Gasteiger partial charge in [0.05, 0.1) is 0 Å². The molecule has 20 heavy (non-hydrogen) atoms. The number of nitrogens with one attached hydrogen (secondary N) is 1. The van der Waals surface area contributed by atoms with E-state index in [4.69, 9.17) is 0 Å². The van der Waals surface area contributed by atoms with Gasteiger partial charge in [-0.05, 0) is 57.7 Å². The SMILES string of the molecule is Cc1ccccc1CC(CNC(C)(C)C)C[Si](C)(C)C. The van der Waals surface area contributed by atoms with E-state index in [-0.39, 0.29) is 5.54 Å². The molecule has 0 saturated carbocycles. The molecule has 0 amide bonds. The highest BCUT2D eigenvalue weighted by Gasteiger charge is 2.22. The van der Waals surface area contributed by atoms with Gasteiger partial charge in [0, 0.05) is 13.6 Å². The molecule has 1 rings (SSSR count). The van der Waals surface area contributed by atoms with Crippen LogP contribution in [0.5, 0.6) is 0 Å². The molecule has 114 valence electrons. The Morgan fingerprint density at radius 3 is 2.20 bits per heavy atom. The molecule has 0 aliphatic carbocycles. The highest BCUT2D eigenvalue weighted by atomic mass is 28.3. The summed E-state index contributed by atoms with van der Waals surface area (Å²) in [5.74, 6) is 0.752. The van der Waals surface area contributed by atoms with E-state index in [0.29, 0.717) is 0 Å². The van der Waals surface area contributed by atoms with Gasteiger partial charge < -0.3 is 5.32 Å². The normalized spacial score (nSPS) is 14.3. The van der Waals surface area contributed by atoms with Gasteiger partial charge >= 0.3 is 0 Å². The van der Waals surface area contributed by atoms with Crippen molar-refractivity contribution in [2.24, 2.45) is 5.92 Å². The fourth-order valence-corrected chi connectivity index (χ4v) is 4.70. The van der Waals surface area contributed by atoms with E-state index in [1.54, 1.807) is 0 Å². The zero-order valence-electron chi connectivity index (χ0n) is 14.5. The monoisotopic (exact) mass is 291 g/mol. The maximum absolute atomic E-state index is 3.71. The molecular formula is C18H33NSi. The van der Waals surface area contributed by atoms with Crippen molar-refractivity contribution in [3.05, 3.63) is 35.4 Å².